The van der Waals surface area contributed by atoms with Crippen LogP contribution < -0.4 is 4.74 Å². The fourth-order valence-corrected chi connectivity index (χ4v) is 3.66. The molecule has 4 rings (SSSR count). The molecule has 8 nitrogen and oxygen atoms in total. The van der Waals surface area contributed by atoms with Crippen molar-refractivity contribution in [1.82, 2.24) is 30.3 Å². The number of rotatable bonds is 9. The molecule has 0 radical (unpaired) electrons. The molecule has 0 amide bonds. The highest BCUT2D eigenvalue weighted by atomic mass is 32.2. The standard InChI is InChI=1S/C21H22N6O2S/c1-3-4-6-15-9-11-17(12-10-15)27-21(23-25-26-27)30-14-19-22-20(24-29-19)16-7-5-8-18(13-16)28-2/h5,7-13H,3-4,6,14H2,1-2H3. The first kappa shape index (κ1) is 20.1. The minimum atomic E-state index is 0.464. The van der Waals surface area contributed by atoms with Crippen molar-refractivity contribution >= 4 is 11.8 Å². The van der Waals surface area contributed by atoms with E-state index in [2.05, 4.69) is 44.7 Å². The van der Waals surface area contributed by atoms with E-state index in [4.69, 9.17) is 9.26 Å². The summed E-state index contributed by atoms with van der Waals surface area (Å²) in [5, 5.41) is 16.8. The molecule has 0 unspecified atom stereocenters. The number of hydrogen-bond acceptors (Lipinski definition) is 8. The van der Waals surface area contributed by atoms with Gasteiger partial charge in [0.25, 0.3) is 0 Å². The van der Waals surface area contributed by atoms with Gasteiger partial charge in [-0.15, -0.1) is 5.10 Å². The molecule has 2 aromatic carbocycles. The predicted octanol–water partition coefficient (Wildman–Crippen LogP) is 4.36. The first-order valence-electron chi connectivity index (χ1n) is 9.74. The molecule has 0 bridgehead atoms. The average molecular weight is 423 g/mol. The van der Waals surface area contributed by atoms with Gasteiger partial charge >= 0.3 is 0 Å². The van der Waals surface area contributed by atoms with Crippen LogP contribution in [0.1, 0.15) is 31.2 Å². The molecular weight excluding hydrogens is 400 g/mol. The Bertz CT molecular complexity index is 1090. The summed E-state index contributed by atoms with van der Waals surface area (Å²) in [6.07, 6.45) is 3.46. The lowest BCUT2D eigenvalue weighted by Crippen LogP contribution is -1.99. The van der Waals surface area contributed by atoms with Crippen molar-refractivity contribution in [2.24, 2.45) is 0 Å². The fraction of sp³-hybridized carbons (Fsp3) is 0.286. The average Bonchev–Trinajstić information content (AvgIpc) is 3.46. The highest BCUT2D eigenvalue weighted by Gasteiger charge is 2.14. The zero-order chi connectivity index (χ0) is 20.8. The van der Waals surface area contributed by atoms with Crippen molar-refractivity contribution in [2.75, 3.05) is 7.11 Å². The van der Waals surface area contributed by atoms with Gasteiger partial charge in [-0.3, -0.25) is 0 Å². The summed E-state index contributed by atoms with van der Waals surface area (Å²) >= 11 is 1.44. The second-order valence-electron chi connectivity index (χ2n) is 6.68. The van der Waals surface area contributed by atoms with E-state index in [1.165, 1.54) is 30.2 Å². The number of aromatic nitrogens is 6. The smallest absolute Gasteiger partial charge is 0.237 e. The third-order valence-corrected chi connectivity index (χ3v) is 5.47. The number of hydrogen-bond donors (Lipinski definition) is 0. The van der Waals surface area contributed by atoms with E-state index in [0.717, 1.165) is 23.4 Å². The first-order valence-corrected chi connectivity index (χ1v) is 10.7. The quantitative estimate of drug-likeness (QED) is 0.368. The number of aryl methyl sites for hydroxylation is 1. The molecule has 9 heteroatoms. The SMILES string of the molecule is CCCCc1ccc(-n2nnnc2SCc2nc(-c3cccc(OC)c3)no2)cc1. The minimum Gasteiger partial charge on any atom is -0.497 e. The number of methoxy groups -OCH3 is 1. The van der Waals surface area contributed by atoms with E-state index in [1.807, 2.05) is 36.4 Å². The molecule has 0 fully saturated rings. The number of thioether (sulfide) groups is 1. The van der Waals surface area contributed by atoms with Crippen molar-refractivity contribution in [3.63, 3.8) is 0 Å². The topological polar surface area (TPSA) is 91.8 Å². The zero-order valence-electron chi connectivity index (χ0n) is 16.9. The summed E-state index contributed by atoms with van der Waals surface area (Å²) in [6.45, 7) is 2.20. The number of ether oxygens (including phenoxy) is 1. The van der Waals surface area contributed by atoms with Crippen LogP contribution in [0.2, 0.25) is 0 Å². The van der Waals surface area contributed by atoms with Gasteiger partial charge in [0.15, 0.2) is 0 Å². The third kappa shape index (κ3) is 4.68. The van der Waals surface area contributed by atoms with Gasteiger partial charge in [0.1, 0.15) is 5.75 Å². The van der Waals surface area contributed by atoms with E-state index in [0.29, 0.717) is 22.6 Å². The lowest BCUT2D eigenvalue weighted by Gasteiger charge is -2.05. The van der Waals surface area contributed by atoms with Gasteiger partial charge in [-0.05, 0) is 53.1 Å². The molecule has 0 N–H and O–H groups in total. The van der Waals surface area contributed by atoms with Crippen molar-refractivity contribution < 1.29 is 9.26 Å². The van der Waals surface area contributed by atoms with Crippen LogP contribution in [0.15, 0.2) is 58.2 Å². The molecule has 2 heterocycles. The summed E-state index contributed by atoms with van der Waals surface area (Å²) in [5.41, 5.74) is 3.08. The maximum atomic E-state index is 5.39. The Morgan fingerprint density at radius 2 is 2.00 bits per heavy atom. The number of nitrogens with zero attached hydrogens (tertiary/aromatic N) is 6. The van der Waals surface area contributed by atoms with Gasteiger partial charge in [0.05, 0.1) is 18.6 Å². The molecule has 0 aliphatic heterocycles. The van der Waals surface area contributed by atoms with Gasteiger partial charge in [-0.1, -0.05) is 54.5 Å². The number of unbranched alkanes of at least 4 members (excludes halogenated alkanes) is 1. The molecule has 154 valence electrons. The van der Waals surface area contributed by atoms with Crippen LogP contribution in [-0.4, -0.2) is 37.5 Å². The maximum absolute atomic E-state index is 5.39. The van der Waals surface area contributed by atoms with E-state index in [9.17, 15) is 0 Å². The van der Waals surface area contributed by atoms with Gasteiger partial charge in [0.2, 0.25) is 16.9 Å². The molecule has 2 aromatic heterocycles. The van der Waals surface area contributed by atoms with Crippen LogP contribution in [-0.2, 0) is 12.2 Å². The molecule has 4 aromatic rings. The van der Waals surface area contributed by atoms with Crippen molar-refractivity contribution in [2.45, 2.75) is 37.1 Å². The summed E-state index contributed by atoms with van der Waals surface area (Å²) in [5.74, 6) is 2.23. The molecular formula is C21H22N6O2S. The fourth-order valence-electron chi connectivity index (χ4n) is 2.93. The molecule has 30 heavy (non-hydrogen) atoms. The van der Waals surface area contributed by atoms with Gasteiger partial charge in [-0.25, -0.2) is 0 Å². The van der Waals surface area contributed by atoms with Crippen molar-refractivity contribution in [3.8, 4) is 22.8 Å². The van der Waals surface area contributed by atoms with E-state index >= 15 is 0 Å². The van der Waals surface area contributed by atoms with Crippen LogP contribution in [0.4, 0.5) is 0 Å². The van der Waals surface area contributed by atoms with E-state index in [-0.39, 0.29) is 0 Å². The Morgan fingerprint density at radius 1 is 1.13 bits per heavy atom. The van der Waals surface area contributed by atoms with Crippen molar-refractivity contribution in [3.05, 3.63) is 60.0 Å². The highest BCUT2D eigenvalue weighted by Crippen LogP contribution is 2.25. The van der Waals surface area contributed by atoms with E-state index < -0.39 is 0 Å². The summed E-state index contributed by atoms with van der Waals surface area (Å²) < 4.78 is 12.4. The summed E-state index contributed by atoms with van der Waals surface area (Å²) in [4.78, 5) is 4.47. The lowest BCUT2D eigenvalue weighted by atomic mass is 10.1. The van der Waals surface area contributed by atoms with Crippen LogP contribution in [0.3, 0.4) is 0 Å². The Kier molecular flexibility index (Phi) is 6.38. The van der Waals surface area contributed by atoms with Gasteiger partial charge in [0, 0.05) is 5.56 Å². The normalized spacial score (nSPS) is 11.0. The zero-order valence-corrected chi connectivity index (χ0v) is 17.7. The summed E-state index contributed by atoms with van der Waals surface area (Å²) in [6, 6.07) is 15.9. The van der Waals surface area contributed by atoms with Crippen LogP contribution in [0, 0.1) is 0 Å². The Hall–Kier alpha value is -3.20. The predicted molar refractivity (Wildman–Crippen MR) is 114 cm³/mol. The molecule has 0 aliphatic carbocycles. The van der Waals surface area contributed by atoms with Crippen LogP contribution in [0.25, 0.3) is 17.1 Å². The third-order valence-electron chi connectivity index (χ3n) is 4.56. The summed E-state index contributed by atoms with van der Waals surface area (Å²) in [7, 11) is 1.63. The van der Waals surface area contributed by atoms with Crippen LogP contribution in [0.5, 0.6) is 5.75 Å². The monoisotopic (exact) mass is 422 g/mol. The molecule has 0 saturated carbocycles. The van der Waals surface area contributed by atoms with Gasteiger partial charge < -0.3 is 9.26 Å². The van der Waals surface area contributed by atoms with Gasteiger partial charge in [-0.2, -0.15) is 9.67 Å². The Labute approximate surface area is 178 Å². The minimum absolute atomic E-state index is 0.464. The number of tetrazole rings is 1. The molecule has 0 aliphatic rings. The van der Waals surface area contributed by atoms with E-state index in [1.54, 1.807) is 11.8 Å². The molecule has 0 spiro atoms. The second kappa shape index (κ2) is 9.53. The maximum Gasteiger partial charge on any atom is 0.237 e. The Morgan fingerprint density at radius 3 is 2.80 bits per heavy atom. The number of benzene rings is 2. The first-order chi connectivity index (χ1) is 14.8. The van der Waals surface area contributed by atoms with Crippen molar-refractivity contribution in [1.29, 1.82) is 0 Å². The second-order valence-corrected chi connectivity index (χ2v) is 7.62. The Balaban J connectivity index is 1.43. The highest BCUT2D eigenvalue weighted by molar-refractivity contribution is 7.98. The van der Waals surface area contributed by atoms with Crippen LogP contribution >= 0.6 is 11.8 Å². The molecule has 0 atom stereocenters. The molecule has 0 saturated heterocycles. The lowest BCUT2D eigenvalue weighted by molar-refractivity contribution is 0.391. The largest absolute Gasteiger partial charge is 0.497 e.